The van der Waals surface area contributed by atoms with E-state index >= 15 is 0 Å². The molecule has 0 saturated heterocycles. The van der Waals surface area contributed by atoms with Gasteiger partial charge in [-0.3, -0.25) is 4.79 Å². The van der Waals surface area contributed by atoms with Crippen LogP contribution in [-0.4, -0.2) is 11.7 Å². The first-order chi connectivity index (χ1) is 7.81. The van der Waals surface area contributed by atoms with Crippen LogP contribution >= 0.6 is 34.2 Å². The number of benzene rings is 1. The van der Waals surface area contributed by atoms with Crippen LogP contribution in [0, 0.1) is 14.9 Å². The molecular weight excluding hydrogens is 369 g/mol. The first-order valence-corrected chi connectivity index (χ1v) is 5.82. The number of halogens is 5. The molecule has 1 rings (SSSR count). The van der Waals surface area contributed by atoms with Crippen molar-refractivity contribution in [1.82, 2.24) is 0 Å². The molecule has 90 valence electrons. The Morgan fingerprint density at radius 2 is 2.06 bits per heavy atom. The van der Waals surface area contributed by atoms with Gasteiger partial charge in [0, 0.05) is 9.13 Å². The molecular formula is C10H4ClF3INO. The molecule has 0 atom stereocenters. The van der Waals surface area contributed by atoms with Crippen LogP contribution in [-0.2, 0) is 6.18 Å². The largest absolute Gasteiger partial charge is 0.417 e. The molecule has 0 spiro atoms. The molecule has 0 radical (unpaired) electrons. The van der Waals surface area contributed by atoms with E-state index in [9.17, 15) is 18.0 Å². The number of hydrogen-bond donors (Lipinski definition) is 0. The van der Waals surface area contributed by atoms with Gasteiger partial charge in [-0.25, -0.2) is 0 Å². The van der Waals surface area contributed by atoms with Gasteiger partial charge in [-0.05, 0) is 34.7 Å². The molecule has 0 saturated carbocycles. The lowest BCUT2D eigenvalue weighted by atomic mass is 10.0. The van der Waals surface area contributed by atoms with Crippen LogP contribution in [0.25, 0.3) is 0 Å². The number of nitrogens with zero attached hydrogens (tertiary/aromatic N) is 1. The molecule has 0 amide bonds. The van der Waals surface area contributed by atoms with Gasteiger partial charge in [0.15, 0.2) is 5.78 Å². The molecule has 1 aromatic rings. The van der Waals surface area contributed by atoms with Crippen LogP contribution in [0.5, 0.6) is 0 Å². The fraction of sp³-hybridized carbons (Fsp3) is 0.200. The maximum atomic E-state index is 12.6. The molecule has 0 aromatic heterocycles. The summed E-state index contributed by atoms with van der Waals surface area (Å²) in [5, 5.41) is 8.75. The average molecular weight is 373 g/mol. The highest BCUT2D eigenvalue weighted by Gasteiger charge is 2.34. The van der Waals surface area contributed by atoms with Gasteiger partial charge in [-0.1, -0.05) is 0 Å². The molecule has 17 heavy (non-hydrogen) atoms. The molecule has 7 heteroatoms. The Morgan fingerprint density at radius 1 is 1.47 bits per heavy atom. The fourth-order valence-corrected chi connectivity index (χ4v) is 2.10. The Bertz CT molecular complexity index is 507. The molecule has 2 nitrogen and oxygen atoms in total. The Morgan fingerprint density at radius 3 is 2.47 bits per heavy atom. The van der Waals surface area contributed by atoms with Crippen molar-refractivity contribution >= 4 is 40.0 Å². The van der Waals surface area contributed by atoms with Gasteiger partial charge in [0.05, 0.1) is 23.1 Å². The molecule has 0 aliphatic carbocycles. The van der Waals surface area contributed by atoms with Crippen LogP contribution < -0.4 is 0 Å². The van der Waals surface area contributed by atoms with Gasteiger partial charge in [-0.15, -0.1) is 11.6 Å². The van der Waals surface area contributed by atoms with Crippen molar-refractivity contribution in [2.24, 2.45) is 0 Å². The molecule has 1 aromatic carbocycles. The lowest BCUT2D eigenvalue weighted by Crippen LogP contribution is -2.12. The fourth-order valence-electron chi connectivity index (χ4n) is 1.19. The lowest BCUT2D eigenvalue weighted by molar-refractivity contribution is -0.138. The number of nitriles is 1. The summed E-state index contributed by atoms with van der Waals surface area (Å²) < 4.78 is 37.7. The van der Waals surface area contributed by atoms with E-state index in [1.807, 2.05) is 0 Å². The summed E-state index contributed by atoms with van der Waals surface area (Å²) in [7, 11) is 0. The second kappa shape index (κ2) is 5.23. The zero-order valence-corrected chi connectivity index (χ0v) is 11.0. The second-order valence-electron chi connectivity index (χ2n) is 3.04. The average Bonchev–Trinajstić information content (AvgIpc) is 2.25. The predicted molar refractivity (Wildman–Crippen MR) is 63.9 cm³/mol. The van der Waals surface area contributed by atoms with E-state index in [-0.39, 0.29) is 14.7 Å². The highest BCUT2D eigenvalue weighted by Crippen LogP contribution is 2.34. The molecule has 0 bridgehead atoms. The minimum atomic E-state index is -4.56. The van der Waals surface area contributed by atoms with Crippen molar-refractivity contribution < 1.29 is 18.0 Å². The van der Waals surface area contributed by atoms with Crippen molar-refractivity contribution in [2.45, 2.75) is 6.18 Å². The maximum absolute atomic E-state index is 12.6. The van der Waals surface area contributed by atoms with Crippen molar-refractivity contribution in [1.29, 1.82) is 5.26 Å². The van der Waals surface area contributed by atoms with Gasteiger partial charge in [-0.2, -0.15) is 18.4 Å². The van der Waals surface area contributed by atoms with E-state index in [0.717, 1.165) is 6.07 Å². The van der Waals surface area contributed by atoms with Gasteiger partial charge in [0.2, 0.25) is 0 Å². The van der Waals surface area contributed by atoms with Crippen LogP contribution in [0.2, 0.25) is 0 Å². The zero-order chi connectivity index (χ0) is 13.2. The van der Waals surface area contributed by atoms with Crippen molar-refractivity contribution in [3.05, 3.63) is 32.4 Å². The molecule has 0 N–H and O–H groups in total. The lowest BCUT2D eigenvalue weighted by Gasteiger charge is -2.11. The van der Waals surface area contributed by atoms with Gasteiger partial charge >= 0.3 is 6.18 Å². The number of carbonyl (C=O) groups is 1. The molecule has 0 aliphatic heterocycles. The Kier molecular flexibility index (Phi) is 4.38. The van der Waals surface area contributed by atoms with Crippen molar-refractivity contribution in [2.75, 3.05) is 5.88 Å². The van der Waals surface area contributed by atoms with Crippen molar-refractivity contribution in [3.8, 4) is 6.07 Å². The highest BCUT2D eigenvalue weighted by molar-refractivity contribution is 14.1. The summed E-state index contributed by atoms with van der Waals surface area (Å²) in [6.07, 6.45) is -4.56. The highest BCUT2D eigenvalue weighted by atomic mass is 127. The third kappa shape index (κ3) is 3.10. The summed E-state index contributed by atoms with van der Waals surface area (Å²) in [6, 6.07) is 3.38. The van der Waals surface area contributed by atoms with Crippen LogP contribution in [0.3, 0.4) is 0 Å². The monoisotopic (exact) mass is 373 g/mol. The summed E-state index contributed by atoms with van der Waals surface area (Å²) in [5.41, 5.74) is -1.34. The third-order valence-electron chi connectivity index (χ3n) is 1.95. The minimum Gasteiger partial charge on any atom is -0.293 e. The Labute approximate surface area is 114 Å². The van der Waals surface area contributed by atoms with Gasteiger partial charge < -0.3 is 0 Å². The summed E-state index contributed by atoms with van der Waals surface area (Å²) in [5.74, 6) is -1.17. The van der Waals surface area contributed by atoms with Crippen LogP contribution in [0.15, 0.2) is 12.1 Å². The number of hydrogen-bond acceptors (Lipinski definition) is 2. The summed E-state index contributed by atoms with van der Waals surface area (Å²) in [4.78, 5) is 11.3. The predicted octanol–water partition coefficient (Wildman–Crippen LogP) is 3.60. The number of Topliss-reactive ketones (excluding diaryl/α,β-unsaturated/α-hetero) is 1. The molecule has 0 unspecified atom stereocenters. The number of carbonyl (C=O) groups excluding carboxylic acids is 1. The Hall–Kier alpha value is -0.810. The number of alkyl halides is 4. The normalized spacial score (nSPS) is 11.1. The van der Waals surface area contributed by atoms with E-state index in [1.165, 1.54) is 22.6 Å². The summed E-state index contributed by atoms with van der Waals surface area (Å²) >= 11 is 6.75. The zero-order valence-electron chi connectivity index (χ0n) is 8.11. The minimum absolute atomic E-state index is 0.104. The van der Waals surface area contributed by atoms with Crippen LogP contribution in [0.4, 0.5) is 13.2 Å². The molecule has 0 fully saturated rings. The first-order valence-electron chi connectivity index (χ1n) is 4.21. The van der Waals surface area contributed by atoms with E-state index < -0.39 is 23.4 Å². The quantitative estimate of drug-likeness (QED) is 0.451. The Balaban J connectivity index is 3.50. The van der Waals surface area contributed by atoms with Gasteiger partial charge in [0.1, 0.15) is 0 Å². The standard InChI is InChI=1S/C10H4ClF3INO/c11-3-9(17)6-2-7(10(12,13)14)8(15)1-5(6)4-16/h1-2H,3H2. The van der Waals surface area contributed by atoms with Crippen LogP contribution in [0.1, 0.15) is 21.5 Å². The van der Waals surface area contributed by atoms with E-state index in [4.69, 9.17) is 16.9 Å². The number of ketones is 1. The molecule has 0 heterocycles. The van der Waals surface area contributed by atoms with Gasteiger partial charge in [0.25, 0.3) is 0 Å². The molecule has 0 aliphatic rings. The van der Waals surface area contributed by atoms with E-state index in [1.54, 1.807) is 6.07 Å². The first kappa shape index (κ1) is 14.3. The third-order valence-corrected chi connectivity index (χ3v) is 3.09. The topological polar surface area (TPSA) is 40.9 Å². The van der Waals surface area contributed by atoms with E-state index in [0.29, 0.717) is 6.07 Å². The van der Waals surface area contributed by atoms with Crippen molar-refractivity contribution in [3.63, 3.8) is 0 Å². The maximum Gasteiger partial charge on any atom is 0.417 e. The number of rotatable bonds is 2. The second-order valence-corrected chi connectivity index (χ2v) is 4.47. The van der Waals surface area contributed by atoms with E-state index in [2.05, 4.69) is 0 Å². The summed E-state index contributed by atoms with van der Waals surface area (Å²) in [6.45, 7) is 0. The SMILES string of the molecule is N#Cc1cc(I)c(C(F)(F)F)cc1C(=O)CCl. The smallest absolute Gasteiger partial charge is 0.293 e.